The number of allylic oxidation sites excluding steroid dienone is 1. The molecule has 0 spiro atoms. The monoisotopic (exact) mass is 292 g/mol. The van der Waals surface area contributed by atoms with Gasteiger partial charge in [0.25, 0.3) is 0 Å². The molecular formula is C14H16N2O3S. The molecule has 0 saturated carbocycles. The minimum atomic E-state index is -3.18. The summed E-state index contributed by atoms with van der Waals surface area (Å²) in [4.78, 5) is 16.2. The molecule has 0 atom stereocenters. The Bertz CT molecular complexity index is 658. The lowest BCUT2D eigenvalue weighted by atomic mass is 10.1. The maximum atomic E-state index is 11.9. The van der Waals surface area contributed by atoms with Crippen molar-refractivity contribution >= 4 is 22.0 Å². The number of carbonyl (C=O) groups excluding carboxylic acids is 1. The molecule has 1 aromatic carbocycles. The number of rotatable bonds is 4. The summed E-state index contributed by atoms with van der Waals surface area (Å²) in [6.45, 7) is 1.01. The molecule has 0 aliphatic carbocycles. The fourth-order valence-corrected chi connectivity index (χ4v) is 2.46. The van der Waals surface area contributed by atoms with Crippen molar-refractivity contribution in [1.29, 1.82) is 0 Å². The summed E-state index contributed by atoms with van der Waals surface area (Å²) >= 11 is 0. The van der Waals surface area contributed by atoms with Crippen LogP contribution in [0.5, 0.6) is 0 Å². The van der Waals surface area contributed by atoms with Crippen LogP contribution in [0.4, 0.5) is 0 Å². The number of dihydropyridines is 1. The number of hydrogen-bond donors (Lipinski definition) is 1. The van der Waals surface area contributed by atoms with E-state index in [1.165, 1.54) is 6.26 Å². The fraction of sp³-hybridized carbons (Fsp3) is 0.286. The van der Waals surface area contributed by atoms with E-state index in [0.717, 1.165) is 5.56 Å². The van der Waals surface area contributed by atoms with Gasteiger partial charge < -0.3 is 5.32 Å². The lowest BCUT2D eigenvalue weighted by Crippen LogP contribution is -2.25. The summed E-state index contributed by atoms with van der Waals surface area (Å²) in [5, 5.41) is 2.81. The van der Waals surface area contributed by atoms with Gasteiger partial charge in [-0.1, -0.05) is 12.1 Å². The molecule has 1 N–H and O–H groups in total. The third-order valence-electron chi connectivity index (χ3n) is 2.99. The molecule has 0 radical (unpaired) electrons. The molecule has 0 bridgehead atoms. The molecule has 5 nitrogen and oxygen atoms in total. The van der Waals surface area contributed by atoms with Gasteiger partial charge in [-0.2, -0.15) is 0 Å². The highest BCUT2D eigenvalue weighted by Gasteiger charge is 2.10. The zero-order valence-corrected chi connectivity index (χ0v) is 12.0. The Morgan fingerprint density at radius 3 is 2.55 bits per heavy atom. The summed E-state index contributed by atoms with van der Waals surface area (Å²) in [6, 6.07) is 6.49. The summed E-state index contributed by atoms with van der Waals surface area (Å²) in [6.07, 6.45) is 5.17. The highest BCUT2D eigenvalue weighted by molar-refractivity contribution is 7.90. The normalized spacial score (nSPS) is 14.8. The van der Waals surface area contributed by atoms with Crippen LogP contribution in [-0.2, 0) is 21.2 Å². The van der Waals surface area contributed by atoms with Gasteiger partial charge in [0.05, 0.1) is 4.90 Å². The van der Waals surface area contributed by atoms with E-state index in [1.807, 2.05) is 0 Å². The van der Waals surface area contributed by atoms with Crippen molar-refractivity contribution in [1.82, 2.24) is 5.32 Å². The Kier molecular flexibility index (Phi) is 4.34. The third kappa shape index (κ3) is 3.77. The molecule has 2 rings (SSSR count). The van der Waals surface area contributed by atoms with E-state index in [9.17, 15) is 13.2 Å². The van der Waals surface area contributed by atoms with E-state index < -0.39 is 9.84 Å². The number of sulfone groups is 1. The molecule has 0 unspecified atom stereocenters. The summed E-state index contributed by atoms with van der Waals surface area (Å²) < 4.78 is 22.7. The van der Waals surface area contributed by atoms with E-state index in [0.29, 0.717) is 25.1 Å². The van der Waals surface area contributed by atoms with Crippen molar-refractivity contribution in [2.75, 3.05) is 12.8 Å². The van der Waals surface area contributed by atoms with Crippen molar-refractivity contribution < 1.29 is 13.2 Å². The number of hydrogen-bond acceptors (Lipinski definition) is 4. The van der Waals surface area contributed by atoms with Crippen molar-refractivity contribution in [3.63, 3.8) is 0 Å². The number of amides is 1. The Labute approximate surface area is 118 Å². The van der Waals surface area contributed by atoms with Gasteiger partial charge in [-0.15, -0.1) is 0 Å². The summed E-state index contributed by atoms with van der Waals surface area (Å²) in [5.74, 6) is -0.108. The van der Waals surface area contributed by atoms with Gasteiger partial charge in [-0.3, -0.25) is 9.79 Å². The Balaban J connectivity index is 1.96. The zero-order chi connectivity index (χ0) is 14.6. The molecule has 0 saturated heterocycles. The first-order valence-corrected chi connectivity index (χ1v) is 8.12. The molecule has 1 aromatic rings. The van der Waals surface area contributed by atoms with Crippen molar-refractivity contribution in [3.8, 4) is 0 Å². The number of aliphatic imine (C=N–C) groups is 1. The third-order valence-corrected chi connectivity index (χ3v) is 4.12. The van der Waals surface area contributed by atoms with Crippen LogP contribution in [0.15, 0.2) is 45.8 Å². The molecule has 0 fully saturated rings. The minimum Gasteiger partial charge on any atom is -0.348 e. The van der Waals surface area contributed by atoms with Gasteiger partial charge in [0.1, 0.15) is 0 Å². The first-order valence-electron chi connectivity index (χ1n) is 6.23. The second kappa shape index (κ2) is 6.00. The molecular weight excluding hydrogens is 276 g/mol. The van der Waals surface area contributed by atoms with Crippen LogP contribution >= 0.6 is 0 Å². The topological polar surface area (TPSA) is 75.6 Å². The molecule has 20 heavy (non-hydrogen) atoms. The number of benzene rings is 1. The second-order valence-corrected chi connectivity index (χ2v) is 6.61. The Morgan fingerprint density at radius 1 is 1.30 bits per heavy atom. The minimum absolute atomic E-state index is 0.108. The quantitative estimate of drug-likeness (QED) is 0.903. The van der Waals surface area contributed by atoms with Gasteiger partial charge in [0.2, 0.25) is 5.91 Å². The average molecular weight is 292 g/mol. The summed E-state index contributed by atoms with van der Waals surface area (Å²) in [5.41, 5.74) is 1.57. The number of carbonyl (C=O) groups is 1. The molecule has 1 aliphatic heterocycles. The van der Waals surface area contributed by atoms with Crippen molar-refractivity contribution in [3.05, 3.63) is 41.5 Å². The zero-order valence-electron chi connectivity index (χ0n) is 11.2. The second-order valence-electron chi connectivity index (χ2n) is 4.60. The van der Waals surface area contributed by atoms with E-state index in [-0.39, 0.29) is 10.8 Å². The molecule has 0 aromatic heterocycles. The van der Waals surface area contributed by atoms with E-state index >= 15 is 0 Å². The SMILES string of the molecule is CS(=O)(=O)c1ccc(CNC(=O)C2=CC=NCC2)cc1. The van der Waals surface area contributed by atoms with Crippen LogP contribution in [0.2, 0.25) is 0 Å². The maximum Gasteiger partial charge on any atom is 0.247 e. The van der Waals surface area contributed by atoms with Crippen molar-refractivity contribution in [2.45, 2.75) is 17.9 Å². The Hall–Kier alpha value is -1.95. The van der Waals surface area contributed by atoms with E-state index in [2.05, 4.69) is 10.3 Å². The first kappa shape index (κ1) is 14.5. The van der Waals surface area contributed by atoms with Gasteiger partial charge in [-0.25, -0.2) is 8.42 Å². The lowest BCUT2D eigenvalue weighted by molar-refractivity contribution is -0.117. The average Bonchev–Trinajstić information content (AvgIpc) is 2.45. The number of nitrogens with zero attached hydrogens (tertiary/aromatic N) is 1. The van der Waals surface area contributed by atoms with Crippen LogP contribution in [0.3, 0.4) is 0 Å². The lowest BCUT2D eigenvalue weighted by Gasteiger charge is -2.10. The van der Waals surface area contributed by atoms with Crippen molar-refractivity contribution in [2.24, 2.45) is 4.99 Å². The predicted molar refractivity (Wildman–Crippen MR) is 77.5 cm³/mol. The van der Waals surface area contributed by atoms with E-state index in [1.54, 1.807) is 36.6 Å². The standard InChI is InChI=1S/C14H16N2O3S/c1-20(18,19)13-4-2-11(3-5-13)10-16-14(17)12-6-8-15-9-7-12/h2-6,8H,7,9-10H2,1H3,(H,16,17). The fourth-order valence-electron chi connectivity index (χ4n) is 1.83. The highest BCUT2D eigenvalue weighted by Crippen LogP contribution is 2.11. The predicted octanol–water partition coefficient (Wildman–Crippen LogP) is 1.11. The molecule has 1 heterocycles. The first-order chi connectivity index (χ1) is 9.47. The molecule has 1 aliphatic rings. The van der Waals surface area contributed by atoms with Gasteiger partial charge in [0.15, 0.2) is 9.84 Å². The van der Waals surface area contributed by atoms with Crippen LogP contribution in [0.25, 0.3) is 0 Å². The molecule has 6 heteroatoms. The maximum absolute atomic E-state index is 11.9. The van der Waals surface area contributed by atoms with E-state index in [4.69, 9.17) is 0 Å². The van der Waals surface area contributed by atoms with Gasteiger partial charge in [0, 0.05) is 31.1 Å². The van der Waals surface area contributed by atoms with Crippen LogP contribution in [-0.4, -0.2) is 33.3 Å². The van der Waals surface area contributed by atoms with Crippen LogP contribution in [0.1, 0.15) is 12.0 Å². The Morgan fingerprint density at radius 2 is 2.00 bits per heavy atom. The highest BCUT2D eigenvalue weighted by atomic mass is 32.2. The molecule has 106 valence electrons. The smallest absolute Gasteiger partial charge is 0.247 e. The largest absolute Gasteiger partial charge is 0.348 e. The van der Waals surface area contributed by atoms with Crippen LogP contribution in [0, 0.1) is 0 Å². The number of nitrogens with one attached hydrogen (secondary N) is 1. The summed E-state index contributed by atoms with van der Waals surface area (Å²) in [7, 11) is -3.18. The molecule has 1 amide bonds. The van der Waals surface area contributed by atoms with Gasteiger partial charge in [-0.05, 0) is 30.2 Å². The van der Waals surface area contributed by atoms with Crippen LogP contribution < -0.4 is 5.32 Å². The van der Waals surface area contributed by atoms with Gasteiger partial charge >= 0.3 is 0 Å².